The predicted octanol–water partition coefficient (Wildman–Crippen LogP) is 1.35. The molecule has 1 aromatic carbocycles. The van der Waals surface area contributed by atoms with Crippen molar-refractivity contribution in [3.8, 4) is 0 Å². The van der Waals surface area contributed by atoms with E-state index in [4.69, 9.17) is 11.1 Å². The second-order valence-electron chi connectivity index (χ2n) is 2.91. The molecule has 1 aromatic rings. The van der Waals surface area contributed by atoms with Gasteiger partial charge in [-0.05, 0) is 12.5 Å². The maximum Gasteiger partial charge on any atom is 0.113 e. The molecular weight excluding hydrogens is 162 g/mol. The number of nitrogens with zero attached hydrogens (tertiary/aromatic N) is 1. The molecular formula is C10H13N3. The maximum absolute atomic E-state index is 6.96. The molecule has 0 fully saturated rings. The average molecular weight is 175 g/mol. The Balaban J connectivity index is 2.59. The summed E-state index contributed by atoms with van der Waals surface area (Å²) in [5.74, 6) is 0.0864. The van der Waals surface area contributed by atoms with E-state index in [0.717, 1.165) is 5.56 Å². The molecule has 0 aliphatic carbocycles. The molecule has 0 aromatic heterocycles. The molecule has 0 atom stereocenters. The van der Waals surface area contributed by atoms with E-state index in [2.05, 4.69) is 4.99 Å². The summed E-state index contributed by atoms with van der Waals surface area (Å²) in [5, 5.41) is 6.96. The number of aryl methyl sites for hydroxylation is 1. The Kier molecular flexibility index (Phi) is 3.20. The van der Waals surface area contributed by atoms with Gasteiger partial charge in [0, 0.05) is 6.21 Å². The third kappa shape index (κ3) is 3.51. The fraction of sp³-hybridized carbons (Fsp3) is 0.200. The normalized spacial score (nSPS) is 10.5. The Morgan fingerprint density at radius 3 is 2.62 bits per heavy atom. The number of hydrogen-bond acceptors (Lipinski definition) is 2. The smallest absolute Gasteiger partial charge is 0.113 e. The zero-order valence-corrected chi connectivity index (χ0v) is 7.62. The van der Waals surface area contributed by atoms with Crippen LogP contribution in [0.1, 0.15) is 11.1 Å². The second kappa shape index (κ2) is 4.40. The molecule has 0 spiro atoms. The monoisotopic (exact) mass is 175 g/mol. The summed E-state index contributed by atoms with van der Waals surface area (Å²) in [6.07, 6.45) is 1.72. The van der Waals surface area contributed by atoms with Gasteiger partial charge in [-0.15, -0.1) is 0 Å². The first kappa shape index (κ1) is 9.45. The predicted molar refractivity (Wildman–Crippen MR) is 55.6 cm³/mol. The summed E-state index contributed by atoms with van der Waals surface area (Å²) < 4.78 is 0. The van der Waals surface area contributed by atoms with Gasteiger partial charge in [-0.25, -0.2) is 0 Å². The third-order valence-corrected chi connectivity index (χ3v) is 1.58. The van der Waals surface area contributed by atoms with Crippen molar-refractivity contribution in [3.63, 3.8) is 0 Å². The molecule has 0 aliphatic rings. The summed E-state index contributed by atoms with van der Waals surface area (Å²) >= 11 is 0. The first-order valence-corrected chi connectivity index (χ1v) is 4.08. The number of nitrogens with one attached hydrogen (secondary N) is 1. The molecule has 3 nitrogen and oxygen atoms in total. The molecule has 0 saturated carbocycles. The van der Waals surface area contributed by atoms with Crippen molar-refractivity contribution in [1.82, 2.24) is 0 Å². The summed E-state index contributed by atoms with van der Waals surface area (Å²) in [5.41, 5.74) is 7.41. The highest BCUT2D eigenvalue weighted by atomic mass is 14.8. The largest absolute Gasteiger partial charge is 0.386 e. The van der Waals surface area contributed by atoms with E-state index >= 15 is 0 Å². The van der Waals surface area contributed by atoms with Crippen LogP contribution in [-0.2, 0) is 0 Å². The minimum atomic E-state index is 0.0864. The van der Waals surface area contributed by atoms with Crippen molar-refractivity contribution in [3.05, 3.63) is 35.4 Å². The number of aliphatic imine (C=N–C) groups is 1. The van der Waals surface area contributed by atoms with Crippen LogP contribution in [0.15, 0.2) is 29.3 Å². The second-order valence-corrected chi connectivity index (χ2v) is 2.91. The minimum Gasteiger partial charge on any atom is -0.386 e. The first-order valence-electron chi connectivity index (χ1n) is 4.08. The Hall–Kier alpha value is -1.64. The Labute approximate surface area is 77.8 Å². The van der Waals surface area contributed by atoms with E-state index in [1.54, 1.807) is 6.21 Å². The van der Waals surface area contributed by atoms with Crippen molar-refractivity contribution in [1.29, 1.82) is 5.41 Å². The highest BCUT2D eigenvalue weighted by molar-refractivity contribution is 5.84. The number of hydrogen-bond donors (Lipinski definition) is 2. The molecule has 0 heterocycles. The molecule has 0 amide bonds. The highest BCUT2D eigenvalue weighted by Gasteiger charge is 1.87. The summed E-state index contributed by atoms with van der Waals surface area (Å²) in [7, 11) is 0. The van der Waals surface area contributed by atoms with Gasteiger partial charge in [-0.1, -0.05) is 29.8 Å². The third-order valence-electron chi connectivity index (χ3n) is 1.58. The van der Waals surface area contributed by atoms with Crippen LogP contribution in [0, 0.1) is 12.3 Å². The fourth-order valence-corrected chi connectivity index (χ4v) is 0.902. The van der Waals surface area contributed by atoms with Crippen molar-refractivity contribution in [2.24, 2.45) is 10.7 Å². The van der Waals surface area contributed by atoms with E-state index in [1.165, 1.54) is 5.56 Å². The lowest BCUT2D eigenvalue weighted by atomic mass is 10.2. The molecule has 3 heteroatoms. The van der Waals surface area contributed by atoms with Crippen LogP contribution >= 0.6 is 0 Å². The average Bonchev–Trinajstić information content (AvgIpc) is 2.08. The van der Waals surface area contributed by atoms with Gasteiger partial charge < -0.3 is 5.73 Å². The number of rotatable bonds is 3. The van der Waals surface area contributed by atoms with Gasteiger partial charge in [0.1, 0.15) is 5.84 Å². The quantitative estimate of drug-likeness (QED) is 0.528. The van der Waals surface area contributed by atoms with Gasteiger partial charge in [0.25, 0.3) is 0 Å². The number of benzene rings is 1. The van der Waals surface area contributed by atoms with Gasteiger partial charge >= 0.3 is 0 Å². The zero-order chi connectivity index (χ0) is 9.68. The molecule has 0 radical (unpaired) electrons. The lowest BCUT2D eigenvalue weighted by Gasteiger charge is -1.94. The molecule has 13 heavy (non-hydrogen) atoms. The van der Waals surface area contributed by atoms with E-state index in [-0.39, 0.29) is 12.4 Å². The Morgan fingerprint density at radius 1 is 1.46 bits per heavy atom. The topological polar surface area (TPSA) is 62.2 Å². The first-order chi connectivity index (χ1) is 6.18. The van der Waals surface area contributed by atoms with E-state index in [1.807, 2.05) is 31.2 Å². The van der Waals surface area contributed by atoms with Gasteiger partial charge in [-0.2, -0.15) is 0 Å². The Bertz CT molecular complexity index is 311. The van der Waals surface area contributed by atoms with Crippen LogP contribution in [-0.4, -0.2) is 18.6 Å². The molecule has 1 rings (SSSR count). The number of nitrogens with two attached hydrogens (primary N) is 1. The SMILES string of the molecule is Cc1ccc(C=NCC(=N)N)cc1. The fourth-order valence-electron chi connectivity index (χ4n) is 0.902. The lowest BCUT2D eigenvalue weighted by molar-refractivity contribution is 1.24. The van der Waals surface area contributed by atoms with Crippen molar-refractivity contribution < 1.29 is 0 Å². The Morgan fingerprint density at radius 2 is 2.08 bits per heavy atom. The van der Waals surface area contributed by atoms with Crippen molar-refractivity contribution in [2.75, 3.05) is 6.54 Å². The van der Waals surface area contributed by atoms with Gasteiger partial charge in [-0.3, -0.25) is 10.4 Å². The molecule has 0 bridgehead atoms. The van der Waals surface area contributed by atoms with Crippen molar-refractivity contribution in [2.45, 2.75) is 6.92 Å². The molecule has 68 valence electrons. The molecule has 0 unspecified atom stereocenters. The van der Waals surface area contributed by atoms with Crippen LogP contribution in [0.25, 0.3) is 0 Å². The maximum atomic E-state index is 6.96. The zero-order valence-electron chi connectivity index (χ0n) is 7.62. The van der Waals surface area contributed by atoms with Crippen LogP contribution in [0.2, 0.25) is 0 Å². The minimum absolute atomic E-state index is 0.0864. The highest BCUT2D eigenvalue weighted by Crippen LogP contribution is 1.99. The van der Waals surface area contributed by atoms with Crippen LogP contribution in [0.5, 0.6) is 0 Å². The van der Waals surface area contributed by atoms with E-state index in [9.17, 15) is 0 Å². The van der Waals surface area contributed by atoms with Crippen LogP contribution < -0.4 is 5.73 Å². The standard InChI is InChI=1S/C10H13N3/c1-8-2-4-9(5-3-8)6-13-7-10(11)12/h2-6H,7H2,1H3,(H3,11,12). The van der Waals surface area contributed by atoms with E-state index in [0.29, 0.717) is 0 Å². The number of amidine groups is 1. The molecule has 0 saturated heterocycles. The van der Waals surface area contributed by atoms with E-state index < -0.39 is 0 Å². The van der Waals surface area contributed by atoms with Gasteiger partial charge in [0.15, 0.2) is 0 Å². The molecule has 3 N–H and O–H groups in total. The van der Waals surface area contributed by atoms with Gasteiger partial charge in [0.2, 0.25) is 0 Å². The lowest BCUT2D eigenvalue weighted by Crippen LogP contribution is -2.12. The van der Waals surface area contributed by atoms with Crippen LogP contribution in [0.4, 0.5) is 0 Å². The molecule has 0 aliphatic heterocycles. The summed E-state index contributed by atoms with van der Waals surface area (Å²) in [6, 6.07) is 8.02. The van der Waals surface area contributed by atoms with Crippen LogP contribution in [0.3, 0.4) is 0 Å². The van der Waals surface area contributed by atoms with Crippen molar-refractivity contribution >= 4 is 12.1 Å². The summed E-state index contributed by atoms with van der Waals surface area (Å²) in [6.45, 7) is 2.31. The van der Waals surface area contributed by atoms with Gasteiger partial charge in [0.05, 0.1) is 6.54 Å². The summed E-state index contributed by atoms with van der Waals surface area (Å²) in [4.78, 5) is 4.00.